The average molecular weight is 347 g/mol. The molecule has 0 aromatic heterocycles. The molecular formula is C15H11BrN2O3. The van der Waals surface area contributed by atoms with Gasteiger partial charge in [-0.1, -0.05) is 18.2 Å². The Morgan fingerprint density at radius 3 is 2.67 bits per heavy atom. The smallest absolute Gasteiger partial charge is 0.409 e. The Kier molecular flexibility index (Phi) is 4.45. The third kappa shape index (κ3) is 3.52. The van der Waals surface area contributed by atoms with Crippen molar-refractivity contribution in [2.24, 2.45) is 0 Å². The van der Waals surface area contributed by atoms with Crippen LogP contribution in [0.4, 0.5) is 10.5 Å². The Morgan fingerprint density at radius 1 is 1.33 bits per heavy atom. The molecule has 0 fully saturated rings. The molecule has 0 aliphatic heterocycles. The fraction of sp³-hybridized carbons (Fsp3) is 0.0667. The van der Waals surface area contributed by atoms with Gasteiger partial charge in [-0.3, -0.25) is 5.32 Å². The van der Waals surface area contributed by atoms with Gasteiger partial charge in [0.2, 0.25) is 0 Å². The molecule has 21 heavy (non-hydrogen) atoms. The first-order valence-corrected chi connectivity index (χ1v) is 6.77. The maximum atomic E-state index is 10.8. The van der Waals surface area contributed by atoms with Crippen LogP contribution in [-0.2, 0) is 0 Å². The van der Waals surface area contributed by atoms with E-state index in [-0.39, 0.29) is 0 Å². The number of nitrogens with zero attached hydrogens (tertiary/aromatic N) is 1. The van der Waals surface area contributed by atoms with Crippen LogP contribution in [0.5, 0.6) is 11.5 Å². The number of rotatable bonds is 3. The molecular weight excluding hydrogens is 336 g/mol. The van der Waals surface area contributed by atoms with Crippen molar-refractivity contribution >= 4 is 27.7 Å². The number of nitrogens with one attached hydrogen (secondary N) is 1. The molecule has 0 saturated carbocycles. The van der Waals surface area contributed by atoms with Crippen LogP contribution < -0.4 is 10.1 Å². The summed E-state index contributed by atoms with van der Waals surface area (Å²) in [6, 6.07) is 12.4. The number of carboxylic acid groups (broad SMARTS) is 1. The molecule has 0 saturated heterocycles. The second-order valence-corrected chi connectivity index (χ2v) is 5.09. The minimum Gasteiger partial charge on any atom is -0.465 e. The van der Waals surface area contributed by atoms with E-state index < -0.39 is 6.09 Å². The average Bonchev–Trinajstić information content (AvgIpc) is 2.44. The molecule has 0 aliphatic rings. The molecule has 0 aliphatic carbocycles. The van der Waals surface area contributed by atoms with Gasteiger partial charge in [0.25, 0.3) is 0 Å². The van der Waals surface area contributed by atoms with Crippen molar-refractivity contribution in [1.29, 1.82) is 5.26 Å². The lowest BCUT2D eigenvalue weighted by Gasteiger charge is -2.12. The predicted molar refractivity (Wildman–Crippen MR) is 81.8 cm³/mol. The summed E-state index contributed by atoms with van der Waals surface area (Å²) in [6.07, 6.45) is -1.19. The summed E-state index contributed by atoms with van der Waals surface area (Å²) in [5, 5.41) is 20.2. The normalized spacial score (nSPS) is 9.76. The summed E-state index contributed by atoms with van der Waals surface area (Å²) >= 11 is 3.22. The maximum Gasteiger partial charge on any atom is 0.409 e. The van der Waals surface area contributed by atoms with Crippen LogP contribution in [0.25, 0.3) is 0 Å². The van der Waals surface area contributed by atoms with Crippen molar-refractivity contribution in [2.45, 2.75) is 6.92 Å². The van der Waals surface area contributed by atoms with Crippen LogP contribution in [0.2, 0.25) is 0 Å². The van der Waals surface area contributed by atoms with Crippen molar-refractivity contribution < 1.29 is 14.6 Å². The fourth-order valence-electron chi connectivity index (χ4n) is 1.73. The lowest BCUT2D eigenvalue weighted by Crippen LogP contribution is -2.08. The number of benzene rings is 2. The van der Waals surface area contributed by atoms with Crippen molar-refractivity contribution in [1.82, 2.24) is 0 Å². The van der Waals surface area contributed by atoms with E-state index in [1.165, 1.54) is 12.1 Å². The van der Waals surface area contributed by atoms with Gasteiger partial charge in [-0.05, 0) is 40.5 Å². The molecule has 0 bridgehead atoms. The number of aryl methyl sites for hydroxylation is 1. The van der Waals surface area contributed by atoms with Crippen molar-refractivity contribution in [3.63, 3.8) is 0 Å². The Hall–Kier alpha value is -2.52. The lowest BCUT2D eigenvalue weighted by atomic mass is 10.2. The molecule has 1 amide bonds. The highest BCUT2D eigenvalue weighted by molar-refractivity contribution is 9.10. The van der Waals surface area contributed by atoms with E-state index in [9.17, 15) is 10.1 Å². The molecule has 6 heteroatoms. The van der Waals surface area contributed by atoms with Crippen LogP contribution in [0.3, 0.4) is 0 Å². The van der Waals surface area contributed by atoms with Crippen LogP contribution in [0, 0.1) is 18.3 Å². The van der Waals surface area contributed by atoms with E-state index in [2.05, 4.69) is 21.2 Å². The fourth-order valence-corrected chi connectivity index (χ4v) is 2.17. The Bertz CT molecular complexity index is 738. The zero-order valence-electron chi connectivity index (χ0n) is 11.1. The Labute approximate surface area is 129 Å². The van der Waals surface area contributed by atoms with Gasteiger partial charge < -0.3 is 9.84 Å². The standard InChI is InChI=1S/C15H11BrN2O3/c1-9-4-2-3-5-13(9)21-14-7-12(18-15(19)20)11(16)6-10(14)8-17/h2-7,18H,1H3,(H,19,20). The highest BCUT2D eigenvalue weighted by atomic mass is 79.9. The summed E-state index contributed by atoms with van der Waals surface area (Å²) in [6.45, 7) is 1.89. The largest absolute Gasteiger partial charge is 0.465 e. The minimum absolute atomic E-state index is 0.291. The number of hydrogen-bond donors (Lipinski definition) is 2. The third-order valence-corrected chi connectivity index (χ3v) is 3.40. The molecule has 2 aromatic carbocycles. The Morgan fingerprint density at radius 2 is 2.05 bits per heavy atom. The molecule has 0 atom stereocenters. The molecule has 0 heterocycles. The van der Waals surface area contributed by atoms with Crippen molar-refractivity contribution in [2.75, 3.05) is 5.32 Å². The highest BCUT2D eigenvalue weighted by Crippen LogP contribution is 2.34. The number of para-hydroxylation sites is 1. The molecule has 2 aromatic rings. The number of anilines is 1. The van der Waals surface area contributed by atoms with Gasteiger partial charge in [0.15, 0.2) is 0 Å². The zero-order chi connectivity index (χ0) is 15.4. The monoisotopic (exact) mass is 346 g/mol. The van der Waals surface area contributed by atoms with Crippen LogP contribution in [-0.4, -0.2) is 11.2 Å². The van der Waals surface area contributed by atoms with E-state index in [0.717, 1.165) is 5.56 Å². The van der Waals surface area contributed by atoms with Gasteiger partial charge in [0.05, 0.1) is 11.3 Å². The maximum absolute atomic E-state index is 10.8. The van der Waals surface area contributed by atoms with Crippen molar-refractivity contribution in [3.05, 3.63) is 52.0 Å². The summed E-state index contributed by atoms with van der Waals surface area (Å²) in [5.74, 6) is 0.899. The highest BCUT2D eigenvalue weighted by Gasteiger charge is 2.12. The number of halogens is 1. The quantitative estimate of drug-likeness (QED) is 0.856. The summed E-state index contributed by atoms with van der Waals surface area (Å²) in [5.41, 5.74) is 1.53. The molecule has 106 valence electrons. The number of carbonyl (C=O) groups is 1. The SMILES string of the molecule is Cc1ccccc1Oc1cc(NC(=O)O)c(Br)cc1C#N. The van der Waals surface area contributed by atoms with Crippen LogP contribution in [0.1, 0.15) is 11.1 Å². The molecule has 5 nitrogen and oxygen atoms in total. The second-order valence-electron chi connectivity index (χ2n) is 4.24. The summed E-state index contributed by atoms with van der Waals surface area (Å²) in [7, 11) is 0. The number of hydrogen-bond acceptors (Lipinski definition) is 3. The predicted octanol–water partition coefficient (Wildman–Crippen LogP) is 4.51. The van der Waals surface area contributed by atoms with Gasteiger partial charge in [-0.25, -0.2) is 4.79 Å². The summed E-state index contributed by atoms with van der Waals surface area (Å²) < 4.78 is 6.20. The van der Waals surface area contributed by atoms with E-state index in [1.807, 2.05) is 31.2 Å². The number of nitriles is 1. The zero-order valence-corrected chi connectivity index (χ0v) is 12.6. The molecule has 2 N–H and O–H groups in total. The van der Waals surface area contributed by atoms with Crippen molar-refractivity contribution in [3.8, 4) is 17.6 Å². The van der Waals surface area contributed by atoms with Gasteiger partial charge in [-0.2, -0.15) is 5.26 Å². The lowest BCUT2D eigenvalue weighted by molar-refractivity contribution is 0.209. The first-order chi connectivity index (χ1) is 10.0. The van der Waals surface area contributed by atoms with Gasteiger partial charge >= 0.3 is 6.09 Å². The van der Waals surface area contributed by atoms with Gasteiger partial charge in [-0.15, -0.1) is 0 Å². The second kappa shape index (κ2) is 6.29. The number of amides is 1. The van der Waals surface area contributed by atoms with Crippen LogP contribution in [0.15, 0.2) is 40.9 Å². The first-order valence-electron chi connectivity index (χ1n) is 5.98. The minimum atomic E-state index is -1.19. The van der Waals surface area contributed by atoms with Gasteiger partial charge in [0, 0.05) is 10.5 Å². The van der Waals surface area contributed by atoms with E-state index >= 15 is 0 Å². The topological polar surface area (TPSA) is 82.3 Å². The molecule has 0 unspecified atom stereocenters. The first kappa shape index (κ1) is 14.9. The van der Waals surface area contributed by atoms with E-state index in [0.29, 0.717) is 27.2 Å². The number of ether oxygens (including phenoxy) is 1. The van der Waals surface area contributed by atoms with Gasteiger partial charge in [0.1, 0.15) is 17.6 Å². The summed E-state index contributed by atoms with van der Waals surface area (Å²) in [4.78, 5) is 10.8. The third-order valence-electron chi connectivity index (χ3n) is 2.74. The molecule has 0 radical (unpaired) electrons. The molecule has 0 spiro atoms. The van der Waals surface area contributed by atoms with E-state index in [4.69, 9.17) is 9.84 Å². The Balaban J connectivity index is 2.44. The van der Waals surface area contributed by atoms with E-state index in [1.54, 1.807) is 6.07 Å². The van der Waals surface area contributed by atoms with Crippen LogP contribution >= 0.6 is 15.9 Å². The molecule has 2 rings (SSSR count).